The van der Waals surface area contributed by atoms with Crippen LogP contribution >= 0.6 is 0 Å². The first-order valence-corrected chi connectivity index (χ1v) is 9.61. The summed E-state index contributed by atoms with van der Waals surface area (Å²) in [6.07, 6.45) is 4.56. The van der Waals surface area contributed by atoms with Crippen LogP contribution < -0.4 is 10.2 Å². The summed E-state index contributed by atoms with van der Waals surface area (Å²) in [4.78, 5) is 38.9. The van der Waals surface area contributed by atoms with Crippen molar-refractivity contribution in [1.82, 2.24) is 0 Å². The van der Waals surface area contributed by atoms with Gasteiger partial charge in [0.05, 0.1) is 11.8 Å². The van der Waals surface area contributed by atoms with Crippen LogP contribution in [-0.4, -0.2) is 29.9 Å². The average Bonchev–Trinajstić information content (AvgIpc) is 3.35. The number of hydrogen-bond acceptors (Lipinski definition) is 3. The fourth-order valence-corrected chi connectivity index (χ4v) is 4.43. The van der Waals surface area contributed by atoms with Crippen molar-refractivity contribution in [1.29, 1.82) is 0 Å². The Balaban J connectivity index is 1.51. The van der Waals surface area contributed by atoms with Crippen molar-refractivity contribution in [3.8, 4) is 0 Å². The van der Waals surface area contributed by atoms with Gasteiger partial charge >= 0.3 is 5.97 Å². The summed E-state index contributed by atoms with van der Waals surface area (Å²) in [6.45, 7) is 0. The van der Waals surface area contributed by atoms with Crippen molar-refractivity contribution in [3.05, 3.63) is 72.3 Å². The van der Waals surface area contributed by atoms with Crippen LogP contribution in [0.4, 0.5) is 11.4 Å². The zero-order valence-corrected chi connectivity index (χ0v) is 16.0. The minimum absolute atomic E-state index is 0.0462. The van der Waals surface area contributed by atoms with E-state index >= 15 is 0 Å². The second-order valence-electron chi connectivity index (χ2n) is 7.61. The fourth-order valence-electron chi connectivity index (χ4n) is 4.43. The molecule has 0 radical (unpaired) electrons. The number of hydrogen-bond donors (Lipinski definition) is 2. The van der Waals surface area contributed by atoms with E-state index in [9.17, 15) is 19.5 Å². The summed E-state index contributed by atoms with van der Waals surface area (Å²) in [5.74, 6) is -2.85. The van der Waals surface area contributed by atoms with Crippen molar-refractivity contribution >= 4 is 29.2 Å². The van der Waals surface area contributed by atoms with Crippen LogP contribution in [-0.2, 0) is 9.59 Å². The van der Waals surface area contributed by atoms with E-state index in [1.54, 1.807) is 36.2 Å². The van der Waals surface area contributed by atoms with Crippen LogP contribution in [0.2, 0.25) is 0 Å². The first-order chi connectivity index (χ1) is 14.0. The molecule has 4 rings (SSSR count). The Morgan fingerprint density at radius 2 is 1.66 bits per heavy atom. The van der Waals surface area contributed by atoms with Gasteiger partial charge in [-0.1, -0.05) is 36.4 Å². The van der Waals surface area contributed by atoms with Crippen LogP contribution in [0.15, 0.2) is 66.7 Å². The fraction of sp³-hybridized carbons (Fsp3) is 0.261. The second kappa shape index (κ2) is 7.54. The molecule has 148 valence electrons. The molecule has 29 heavy (non-hydrogen) atoms. The van der Waals surface area contributed by atoms with Gasteiger partial charge in [0, 0.05) is 24.0 Å². The third kappa shape index (κ3) is 3.53. The summed E-state index contributed by atoms with van der Waals surface area (Å²) in [6, 6.07) is 16.0. The van der Waals surface area contributed by atoms with Gasteiger partial charge in [-0.15, -0.1) is 0 Å². The number of rotatable bonds is 5. The van der Waals surface area contributed by atoms with E-state index < -0.39 is 17.8 Å². The quantitative estimate of drug-likeness (QED) is 0.766. The lowest BCUT2D eigenvalue weighted by molar-refractivity contribution is -0.146. The molecule has 2 bridgehead atoms. The van der Waals surface area contributed by atoms with Gasteiger partial charge in [0.1, 0.15) is 0 Å². The Kier molecular flexibility index (Phi) is 4.92. The average molecular weight is 390 g/mol. The molecule has 1 fully saturated rings. The molecule has 0 heterocycles. The van der Waals surface area contributed by atoms with E-state index in [-0.39, 0.29) is 23.7 Å². The summed E-state index contributed by atoms with van der Waals surface area (Å²) >= 11 is 0. The summed E-state index contributed by atoms with van der Waals surface area (Å²) in [7, 11) is 1.70. The maximum atomic E-state index is 12.9. The predicted octanol–water partition coefficient (Wildman–Crippen LogP) is 3.42. The van der Waals surface area contributed by atoms with Gasteiger partial charge in [-0.05, 0) is 48.6 Å². The zero-order valence-electron chi connectivity index (χ0n) is 16.0. The first kappa shape index (κ1) is 18.9. The number of amides is 2. The smallest absolute Gasteiger partial charge is 0.307 e. The van der Waals surface area contributed by atoms with Gasteiger partial charge in [-0.2, -0.15) is 0 Å². The normalized spacial score (nSPS) is 24.3. The molecule has 2 N–H and O–H groups in total. The zero-order chi connectivity index (χ0) is 20.5. The second-order valence-corrected chi connectivity index (χ2v) is 7.61. The van der Waals surface area contributed by atoms with E-state index in [1.165, 1.54) is 0 Å². The van der Waals surface area contributed by atoms with E-state index in [0.29, 0.717) is 17.7 Å². The van der Waals surface area contributed by atoms with Crippen LogP contribution in [0.3, 0.4) is 0 Å². The van der Waals surface area contributed by atoms with Gasteiger partial charge in [-0.3, -0.25) is 14.4 Å². The van der Waals surface area contributed by atoms with Crippen molar-refractivity contribution in [2.45, 2.75) is 6.42 Å². The molecule has 4 atom stereocenters. The van der Waals surface area contributed by atoms with E-state index in [4.69, 9.17) is 0 Å². The maximum Gasteiger partial charge on any atom is 0.307 e. The number of nitrogens with one attached hydrogen (secondary N) is 1. The molecule has 6 nitrogen and oxygen atoms in total. The molecular weight excluding hydrogens is 368 g/mol. The van der Waals surface area contributed by atoms with Gasteiger partial charge < -0.3 is 15.3 Å². The molecule has 0 unspecified atom stereocenters. The van der Waals surface area contributed by atoms with Crippen molar-refractivity contribution in [2.75, 3.05) is 17.3 Å². The Labute approximate surface area is 168 Å². The molecule has 0 aliphatic heterocycles. The van der Waals surface area contributed by atoms with Crippen molar-refractivity contribution < 1.29 is 19.5 Å². The number of nitrogens with zero attached hydrogens (tertiary/aromatic N) is 1. The molecule has 2 aliphatic rings. The summed E-state index contributed by atoms with van der Waals surface area (Å²) < 4.78 is 0. The number of carboxylic acids is 1. The highest BCUT2D eigenvalue weighted by Crippen LogP contribution is 2.48. The minimum Gasteiger partial charge on any atom is -0.481 e. The van der Waals surface area contributed by atoms with Gasteiger partial charge in [-0.25, -0.2) is 0 Å². The lowest BCUT2D eigenvalue weighted by atomic mass is 9.82. The third-order valence-electron chi connectivity index (χ3n) is 5.87. The number of carboxylic acid groups (broad SMARTS) is 1. The molecule has 2 amide bonds. The van der Waals surface area contributed by atoms with Crippen LogP contribution in [0.1, 0.15) is 16.8 Å². The molecule has 0 aromatic heterocycles. The van der Waals surface area contributed by atoms with Crippen molar-refractivity contribution in [2.24, 2.45) is 23.7 Å². The lowest BCUT2D eigenvalue weighted by Gasteiger charge is -2.24. The standard InChI is InChI=1S/C23H22N2O4/c1-25(18-8-3-2-4-9-18)22(27)16-6-5-7-17(13-16)24-21(26)19-14-10-11-15(12-14)20(19)23(28)29/h2-11,13-15,19-20H,12H2,1H3,(H,24,26)(H,28,29)/t14-,15-,19+,20+/m0/s1. The number of carbonyl (C=O) groups is 3. The molecular formula is C23H22N2O4. The highest BCUT2D eigenvalue weighted by Gasteiger charge is 2.51. The number of para-hydroxylation sites is 1. The van der Waals surface area contributed by atoms with E-state index in [1.807, 2.05) is 42.5 Å². The summed E-state index contributed by atoms with van der Waals surface area (Å²) in [5.41, 5.74) is 1.69. The highest BCUT2D eigenvalue weighted by atomic mass is 16.4. The number of allylic oxidation sites excluding steroid dienone is 2. The lowest BCUT2D eigenvalue weighted by Crippen LogP contribution is -2.36. The SMILES string of the molecule is CN(C(=O)c1cccc(NC(=O)[C@H]2[C@H](C(=O)O)[C@H]3C=C[C@H]2C3)c1)c1ccccc1. The maximum absolute atomic E-state index is 12.9. The molecule has 1 saturated carbocycles. The molecule has 2 aromatic carbocycles. The summed E-state index contributed by atoms with van der Waals surface area (Å²) in [5, 5.41) is 12.4. The number of aliphatic carboxylic acids is 1. The number of fused-ring (bicyclic) bond motifs is 2. The third-order valence-corrected chi connectivity index (χ3v) is 5.87. The van der Waals surface area contributed by atoms with Crippen LogP contribution in [0.25, 0.3) is 0 Å². The number of anilines is 2. The molecule has 0 saturated heterocycles. The number of benzene rings is 2. The van der Waals surface area contributed by atoms with Crippen LogP contribution in [0.5, 0.6) is 0 Å². The Morgan fingerprint density at radius 1 is 0.966 bits per heavy atom. The topological polar surface area (TPSA) is 86.7 Å². The van der Waals surface area contributed by atoms with E-state index in [2.05, 4.69) is 5.32 Å². The molecule has 2 aliphatic carbocycles. The van der Waals surface area contributed by atoms with Gasteiger partial charge in [0.25, 0.3) is 5.91 Å². The van der Waals surface area contributed by atoms with Gasteiger partial charge in [0.2, 0.25) is 5.91 Å². The Morgan fingerprint density at radius 3 is 2.34 bits per heavy atom. The highest BCUT2D eigenvalue weighted by molar-refractivity contribution is 6.07. The Hall–Kier alpha value is -3.41. The minimum atomic E-state index is -0.935. The van der Waals surface area contributed by atoms with Crippen molar-refractivity contribution in [3.63, 3.8) is 0 Å². The monoisotopic (exact) mass is 390 g/mol. The van der Waals surface area contributed by atoms with Crippen LogP contribution in [0, 0.1) is 23.7 Å². The molecule has 0 spiro atoms. The van der Waals surface area contributed by atoms with Gasteiger partial charge in [0.15, 0.2) is 0 Å². The Bertz CT molecular complexity index is 985. The first-order valence-electron chi connectivity index (χ1n) is 9.61. The number of carbonyl (C=O) groups excluding carboxylic acids is 2. The molecule has 6 heteroatoms. The predicted molar refractivity (Wildman–Crippen MR) is 110 cm³/mol. The molecule has 2 aromatic rings. The van der Waals surface area contributed by atoms with E-state index in [0.717, 1.165) is 5.69 Å². The largest absolute Gasteiger partial charge is 0.481 e.